The molecule has 0 spiro atoms. The highest BCUT2D eigenvalue weighted by Crippen LogP contribution is 2.44. The maximum atomic E-state index is 11.2. The van der Waals surface area contributed by atoms with Crippen LogP contribution in [0.4, 0.5) is 0 Å². The number of hydrogen-bond donors (Lipinski definition) is 1. The minimum Gasteiger partial charge on any atom is -0.508 e. The minimum atomic E-state index is 0.189. The maximum absolute atomic E-state index is 11.2. The summed E-state index contributed by atoms with van der Waals surface area (Å²) < 4.78 is 0. The van der Waals surface area contributed by atoms with E-state index in [9.17, 15) is 5.11 Å². The summed E-state index contributed by atoms with van der Waals surface area (Å²) in [6.45, 7) is 4.48. The molecule has 0 saturated heterocycles. The first-order valence-corrected chi connectivity index (χ1v) is 11.1. The lowest BCUT2D eigenvalue weighted by Crippen LogP contribution is -2.11. The fourth-order valence-electron chi connectivity index (χ4n) is 5.00. The Kier molecular flexibility index (Phi) is 6.04. The Hall–Kier alpha value is -2.54. The van der Waals surface area contributed by atoms with Crippen LogP contribution < -0.4 is 0 Å². The molecule has 1 heteroatoms. The van der Waals surface area contributed by atoms with Crippen LogP contribution in [0.15, 0.2) is 72.8 Å². The zero-order valence-electron chi connectivity index (χ0n) is 17.6. The SMILES string of the molecule is CC(c1ccccc1)c1cc(O)c(C(C)c2ccccc2)c(C2CCCCC2)c1. The van der Waals surface area contributed by atoms with E-state index in [4.69, 9.17) is 0 Å². The molecule has 1 nitrogen and oxygen atoms in total. The van der Waals surface area contributed by atoms with Gasteiger partial charge in [-0.05, 0) is 47.1 Å². The third kappa shape index (κ3) is 4.24. The molecule has 3 aromatic carbocycles. The third-order valence-electron chi connectivity index (χ3n) is 6.79. The molecule has 150 valence electrons. The van der Waals surface area contributed by atoms with Gasteiger partial charge >= 0.3 is 0 Å². The van der Waals surface area contributed by atoms with E-state index >= 15 is 0 Å². The molecule has 2 atom stereocenters. The highest BCUT2D eigenvalue weighted by Gasteiger charge is 2.26. The van der Waals surface area contributed by atoms with Crippen molar-refractivity contribution in [2.45, 2.75) is 63.7 Å². The molecule has 1 aliphatic rings. The van der Waals surface area contributed by atoms with E-state index in [0.29, 0.717) is 11.7 Å². The first-order valence-electron chi connectivity index (χ1n) is 11.1. The van der Waals surface area contributed by atoms with Crippen molar-refractivity contribution in [1.82, 2.24) is 0 Å². The number of phenols is 1. The van der Waals surface area contributed by atoms with Gasteiger partial charge in [-0.2, -0.15) is 0 Å². The van der Waals surface area contributed by atoms with Gasteiger partial charge in [0.25, 0.3) is 0 Å². The number of aromatic hydroxyl groups is 1. The van der Waals surface area contributed by atoms with Crippen LogP contribution in [0.25, 0.3) is 0 Å². The lowest BCUT2D eigenvalue weighted by Gasteiger charge is -2.29. The van der Waals surface area contributed by atoms with Crippen LogP contribution in [0.2, 0.25) is 0 Å². The van der Waals surface area contributed by atoms with Crippen LogP contribution in [0.3, 0.4) is 0 Å². The number of phenolic OH excluding ortho intramolecular Hbond substituents is 1. The molecule has 0 heterocycles. The van der Waals surface area contributed by atoms with E-state index in [2.05, 4.69) is 80.6 Å². The molecule has 29 heavy (non-hydrogen) atoms. The van der Waals surface area contributed by atoms with Crippen LogP contribution in [-0.2, 0) is 0 Å². The van der Waals surface area contributed by atoms with Crippen LogP contribution >= 0.6 is 0 Å². The molecule has 4 rings (SSSR count). The smallest absolute Gasteiger partial charge is 0.119 e. The third-order valence-corrected chi connectivity index (χ3v) is 6.79. The molecule has 1 aliphatic carbocycles. The molecular weight excluding hydrogens is 352 g/mol. The lowest BCUT2D eigenvalue weighted by molar-refractivity contribution is 0.430. The first-order chi connectivity index (χ1) is 14.1. The average molecular weight is 385 g/mol. The Labute approximate surface area is 175 Å². The maximum Gasteiger partial charge on any atom is 0.119 e. The van der Waals surface area contributed by atoms with E-state index in [0.717, 1.165) is 5.56 Å². The zero-order valence-corrected chi connectivity index (χ0v) is 17.6. The van der Waals surface area contributed by atoms with Crippen LogP contribution in [0, 0.1) is 0 Å². The van der Waals surface area contributed by atoms with Gasteiger partial charge in [0.1, 0.15) is 5.75 Å². The summed E-state index contributed by atoms with van der Waals surface area (Å²) in [7, 11) is 0. The van der Waals surface area contributed by atoms with Gasteiger partial charge in [0.15, 0.2) is 0 Å². The van der Waals surface area contributed by atoms with Crippen molar-refractivity contribution in [1.29, 1.82) is 0 Å². The second kappa shape index (κ2) is 8.86. The molecule has 0 aromatic heterocycles. The van der Waals surface area contributed by atoms with Crippen molar-refractivity contribution in [3.63, 3.8) is 0 Å². The lowest BCUT2D eigenvalue weighted by atomic mass is 9.76. The molecule has 3 aromatic rings. The Balaban J connectivity index is 1.80. The van der Waals surface area contributed by atoms with Crippen LogP contribution in [0.1, 0.15) is 91.5 Å². The van der Waals surface area contributed by atoms with Crippen molar-refractivity contribution < 1.29 is 5.11 Å². The van der Waals surface area contributed by atoms with Gasteiger partial charge in [-0.1, -0.05) is 99.8 Å². The Morgan fingerprint density at radius 2 is 1.24 bits per heavy atom. The van der Waals surface area contributed by atoms with Gasteiger partial charge in [-0.25, -0.2) is 0 Å². The van der Waals surface area contributed by atoms with E-state index in [1.54, 1.807) is 0 Å². The molecular formula is C28H32O. The Bertz CT molecular complexity index is 923. The van der Waals surface area contributed by atoms with E-state index in [1.165, 1.54) is 54.4 Å². The molecule has 2 unspecified atom stereocenters. The summed E-state index contributed by atoms with van der Waals surface area (Å²) in [6, 6.07) is 25.6. The highest BCUT2D eigenvalue weighted by atomic mass is 16.3. The van der Waals surface area contributed by atoms with E-state index in [1.807, 2.05) is 6.07 Å². The monoisotopic (exact) mass is 384 g/mol. The summed E-state index contributed by atoms with van der Waals surface area (Å²) in [6.07, 6.45) is 6.40. The van der Waals surface area contributed by atoms with Gasteiger partial charge in [0.2, 0.25) is 0 Å². The van der Waals surface area contributed by atoms with E-state index in [-0.39, 0.29) is 11.8 Å². The standard InChI is InChI=1S/C28H32O/c1-20(22-12-6-3-7-13-22)25-18-26(24-16-10-5-11-17-24)28(27(29)19-25)21(2)23-14-8-4-9-15-23/h3-4,6-9,12-15,18-21,24,29H,5,10-11,16-17H2,1-2H3. The molecule has 0 radical (unpaired) electrons. The predicted molar refractivity (Wildman–Crippen MR) is 122 cm³/mol. The fourth-order valence-corrected chi connectivity index (χ4v) is 5.00. The molecule has 1 N–H and O–H groups in total. The van der Waals surface area contributed by atoms with Crippen molar-refractivity contribution in [2.24, 2.45) is 0 Å². The van der Waals surface area contributed by atoms with E-state index < -0.39 is 0 Å². The summed E-state index contributed by atoms with van der Waals surface area (Å²) in [4.78, 5) is 0. The summed E-state index contributed by atoms with van der Waals surface area (Å²) in [5, 5.41) is 11.2. The quantitative estimate of drug-likeness (QED) is 0.477. The van der Waals surface area contributed by atoms with Gasteiger partial charge in [0.05, 0.1) is 0 Å². The molecule has 0 bridgehead atoms. The topological polar surface area (TPSA) is 20.2 Å². The molecule has 0 amide bonds. The number of benzene rings is 3. The Morgan fingerprint density at radius 3 is 1.83 bits per heavy atom. The number of hydrogen-bond acceptors (Lipinski definition) is 1. The van der Waals surface area contributed by atoms with Gasteiger partial charge in [0, 0.05) is 17.4 Å². The minimum absolute atomic E-state index is 0.189. The normalized spacial score (nSPS) is 17.0. The van der Waals surface area contributed by atoms with Gasteiger partial charge in [-0.3, -0.25) is 0 Å². The molecule has 0 aliphatic heterocycles. The largest absolute Gasteiger partial charge is 0.508 e. The second-order valence-electron chi connectivity index (χ2n) is 8.64. The molecule has 1 fully saturated rings. The molecule has 1 saturated carbocycles. The van der Waals surface area contributed by atoms with Crippen molar-refractivity contribution in [3.8, 4) is 5.75 Å². The summed E-state index contributed by atoms with van der Waals surface area (Å²) in [5.41, 5.74) is 6.29. The summed E-state index contributed by atoms with van der Waals surface area (Å²) in [5.74, 6) is 1.47. The number of rotatable bonds is 5. The van der Waals surface area contributed by atoms with Crippen molar-refractivity contribution in [2.75, 3.05) is 0 Å². The Morgan fingerprint density at radius 1 is 0.690 bits per heavy atom. The second-order valence-corrected chi connectivity index (χ2v) is 8.64. The van der Waals surface area contributed by atoms with Gasteiger partial charge < -0.3 is 5.11 Å². The van der Waals surface area contributed by atoms with Crippen molar-refractivity contribution >= 4 is 0 Å². The average Bonchev–Trinajstić information content (AvgIpc) is 2.79. The van der Waals surface area contributed by atoms with Crippen LogP contribution in [0.5, 0.6) is 5.75 Å². The first kappa shape index (κ1) is 19.8. The zero-order chi connectivity index (χ0) is 20.2. The van der Waals surface area contributed by atoms with Gasteiger partial charge in [-0.15, -0.1) is 0 Å². The van der Waals surface area contributed by atoms with Crippen molar-refractivity contribution in [3.05, 3.63) is 101 Å². The predicted octanol–water partition coefficient (Wildman–Crippen LogP) is 7.74. The highest BCUT2D eigenvalue weighted by molar-refractivity contribution is 5.52. The fraction of sp³-hybridized carbons (Fsp3) is 0.357. The van der Waals surface area contributed by atoms with Crippen LogP contribution in [-0.4, -0.2) is 5.11 Å². The summed E-state index contributed by atoms with van der Waals surface area (Å²) >= 11 is 0.